The van der Waals surface area contributed by atoms with E-state index in [1.165, 1.54) is 0 Å². The van der Waals surface area contributed by atoms with Gasteiger partial charge in [0.1, 0.15) is 0 Å². The highest BCUT2D eigenvalue weighted by Crippen LogP contribution is 2.27. The molecule has 0 aromatic rings. The van der Waals surface area contributed by atoms with Gasteiger partial charge < -0.3 is 15.2 Å². The normalized spacial score (nSPS) is 43.0. The molecule has 12 heavy (non-hydrogen) atoms. The van der Waals surface area contributed by atoms with Crippen molar-refractivity contribution in [3.63, 3.8) is 0 Å². The number of rotatable bonds is 2. The molecule has 0 bridgehead atoms. The topological polar surface area (TPSA) is 41.5 Å². The van der Waals surface area contributed by atoms with E-state index in [-0.39, 0.29) is 12.2 Å². The van der Waals surface area contributed by atoms with Crippen LogP contribution in [0.1, 0.15) is 26.7 Å². The van der Waals surface area contributed by atoms with E-state index in [1.807, 2.05) is 20.9 Å². The fourth-order valence-corrected chi connectivity index (χ4v) is 2.12. The minimum Gasteiger partial charge on any atom is -0.388 e. The zero-order valence-corrected chi connectivity index (χ0v) is 8.13. The van der Waals surface area contributed by atoms with Crippen LogP contribution in [-0.4, -0.2) is 36.5 Å². The third kappa shape index (κ3) is 2.44. The first-order chi connectivity index (χ1) is 5.56. The zero-order valence-electron chi connectivity index (χ0n) is 8.13. The monoisotopic (exact) mass is 173 g/mol. The summed E-state index contributed by atoms with van der Waals surface area (Å²) in [4.78, 5) is 0. The van der Waals surface area contributed by atoms with Crippen molar-refractivity contribution >= 4 is 0 Å². The largest absolute Gasteiger partial charge is 0.388 e. The number of hydrogen-bond acceptors (Lipinski definition) is 3. The first-order valence-electron chi connectivity index (χ1n) is 4.58. The van der Waals surface area contributed by atoms with Gasteiger partial charge in [0.05, 0.1) is 17.8 Å². The van der Waals surface area contributed by atoms with E-state index >= 15 is 0 Å². The van der Waals surface area contributed by atoms with Crippen LogP contribution in [0.25, 0.3) is 0 Å². The average molecular weight is 173 g/mol. The Morgan fingerprint density at radius 3 is 2.33 bits per heavy atom. The summed E-state index contributed by atoms with van der Waals surface area (Å²) in [7, 11) is 1.86. The molecule has 0 amide bonds. The fraction of sp³-hybridized carbons (Fsp3) is 1.00. The van der Waals surface area contributed by atoms with Gasteiger partial charge in [0, 0.05) is 19.4 Å². The molecule has 1 fully saturated rings. The molecule has 1 rings (SSSR count). The molecule has 3 nitrogen and oxygen atoms in total. The number of likely N-dealkylation sites (N-methyl/N-ethyl adjacent to an activating group) is 1. The summed E-state index contributed by atoms with van der Waals surface area (Å²) in [5.74, 6) is 0. The van der Waals surface area contributed by atoms with Gasteiger partial charge in [0.25, 0.3) is 0 Å². The molecule has 0 aromatic heterocycles. The Labute approximate surface area is 74.1 Å². The van der Waals surface area contributed by atoms with Gasteiger partial charge in [0.2, 0.25) is 0 Å². The van der Waals surface area contributed by atoms with Crippen LogP contribution in [0.4, 0.5) is 0 Å². The van der Waals surface area contributed by atoms with Crippen molar-refractivity contribution in [1.29, 1.82) is 0 Å². The molecule has 1 saturated heterocycles. The minimum absolute atomic E-state index is 0.173. The quantitative estimate of drug-likeness (QED) is 0.640. The van der Waals surface area contributed by atoms with Gasteiger partial charge in [-0.05, 0) is 20.9 Å². The van der Waals surface area contributed by atoms with Gasteiger partial charge in [-0.2, -0.15) is 0 Å². The molecular weight excluding hydrogens is 154 g/mol. The van der Waals surface area contributed by atoms with Crippen LogP contribution in [0.3, 0.4) is 0 Å². The number of ether oxygens (including phenoxy) is 1. The maximum absolute atomic E-state index is 10.1. The third-order valence-electron chi connectivity index (χ3n) is 2.31. The Bertz CT molecular complexity index is 139. The second-order valence-corrected chi connectivity index (χ2v) is 3.92. The van der Waals surface area contributed by atoms with Crippen LogP contribution in [0, 0.1) is 0 Å². The lowest BCUT2D eigenvalue weighted by Crippen LogP contribution is -2.49. The van der Waals surface area contributed by atoms with Gasteiger partial charge in [0.15, 0.2) is 0 Å². The van der Waals surface area contributed by atoms with E-state index in [1.54, 1.807) is 0 Å². The smallest absolute Gasteiger partial charge is 0.0820 e. The Morgan fingerprint density at radius 2 is 1.92 bits per heavy atom. The lowest BCUT2D eigenvalue weighted by molar-refractivity contribution is -0.129. The summed E-state index contributed by atoms with van der Waals surface area (Å²) in [5, 5.41) is 13.1. The number of aliphatic hydroxyl groups is 1. The van der Waals surface area contributed by atoms with Gasteiger partial charge in [-0.3, -0.25) is 0 Å². The number of hydrogen-bond donors (Lipinski definition) is 2. The lowest BCUT2D eigenvalue weighted by atomic mass is 9.88. The van der Waals surface area contributed by atoms with Crippen LogP contribution in [0.5, 0.6) is 0 Å². The van der Waals surface area contributed by atoms with Crippen molar-refractivity contribution in [2.45, 2.75) is 44.5 Å². The maximum Gasteiger partial charge on any atom is 0.0820 e. The van der Waals surface area contributed by atoms with Gasteiger partial charge in [-0.1, -0.05) is 0 Å². The van der Waals surface area contributed by atoms with Gasteiger partial charge in [-0.15, -0.1) is 0 Å². The van der Waals surface area contributed by atoms with Gasteiger partial charge in [-0.25, -0.2) is 0 Å². The molecule has 2 N–H and O–H groups in total. The Hall–Kier alpha value is -0.120. The predicted molar refractivity (Wildman–Crippen MR) is 48.1 cm³/mol. The summed E-state index contributed by atoms with van der Waals surface area (Å²) < 4.78 is 5.54. The maximum atomic E-state index is 10.1. The van der Waals surface area contributed by atoms with Gasteiger partial charge >= 0.3 is 0 Å². The Balaban J connectivity index is 2.52. The van der Waals surface area contributed by atoms with Crippen molar-refractivity contribution in [3.8, 4) is 0 Å². The molecule has 1 aliphatic rings. The van der Waals surface area contributed by atoms with E-state index in [4.69, 9.17) is 4.74 Å². The highest BCUT2D eigenvalue weighted by molar-refractivity contribution is 4.88. The highest BCUT2D eigenvalue weighted by atomic mass is 16.5. The summed E-state index contributed by atoms with van der Waals surface area (Å²) in [5.41, 5.74) is -0.564. The highest BCUT2D eigenvalue weighted by Gasteiger charge is 2.35. The number of nitrogens with one attached hydrogen (secondary N) is 1. The van der Waals surface area contributed by atoms with E-state index in [0.717, 1.165) is 12.8 Å². The summed E-state index contributed by atoms with van der Waals surface area (Å²) in [6.45, 7) is 4.68. The molecule has 0 spiro atoms. The van der Waals surface area contributed by atoms with Crippen LogP contribution < -0.4 is 5.32 Å². The standard InChI is InChI=1S/C9H19NO2/c1-7-4-9(11,6-10-3)5-8(2)12-7/h7-8,10-11H,4-6H2,1-3H3. The van der Waals surface area contributed by atoms with Crippen molar-refractivity contribution in [2.75, 3.05) is 13.6 Å². The molecule has 72 valence electrons. The molecule has 0 saturated carbocycles. The molecule has 1 aliphatic heterocycles. The SMILES string of the molecule is CNCC1(O)CC(C)OC(C)C1. The van der Waals surface area contributed by atoms with Crippen LogP contribution in [-0.2, 0) is 4.74 Å². The molecule has 0 radical (unpaired) electrons. The summed E-state index contributed by atoms with van der Waals surface area (Å²) in [6.07, 6.45) is 1.82. The second kappa shape index (κ2) is 3.73. The second-order valence-electron chi connectivity index (χ2n) is 3.92. The predicted octanol–water partition coefficient (Wildman–Crippen LogP) is 0.524. The van der Waals surface area contributed by atoms with Crippen molar-refractivity contribution < 1.29 is 9.84 Å². The average Bonchev–Trinajstić information content (AvgIpc) is 1.82. The van der Waals surface area contributed by atoms with Crippen molar-refractivity contribution in [2.24, 2.45) is 0 Å². The molecule has 2 unspecified atom stereocenters. The molecular formula is C9H19NO2. The first kappa shape index (κ1) is 9.96. The zero-order chi connectivity index (χ0) is 9.19. The first-order valence-corrected chi connectivity index (χ1v) is 4.58. The minimum atomic E-state index is -0.564. The molecule has 3 heteroatoms. The van der Waals surface area contributed by atoms with E-state index in [0.29, 0.717) is 6.54 Å². The van der Waals surface area contributed by atoms with E-state index in [9.17, 15) is 5.11 Å². The molecule has 1 heterocycles. The van der Waals surface area contributed by atoms with E-state index < -0.39 is 5.60 Å². The van der Waals surface area contributed by atoms with Crippen molar-refractivity contribution in [3.05, 3.63) is 0 Å². The summed E-state index contributed by atoms with van der Waals surface area (Å²) >= 11 is 0. The molecule has 2 atom stereocenters. The van der Waals surface area contributed by atoms with E-state index in [2.05, 4.69) is 5.32 Å². The van der Waals surface area contributed by atoms with Crippen LogP contribution in [0.15, 0.2) is 0 Å². The summed E-state index contributed by atoms with van der Waals surface area (Å²) in [6, 6.07) is 0. The Morgan fingerprint density at radius 1 is 1.42 bits per heavy atom. The van der Waals surface area contributed by atoms with Crippen LogP contribution in [0.2, 0.25) is 0 Å². The lowest BCUT2D eigenvalue weighted by Gasteiger charge is -2.39. The van der Waals surface area contributed by atoms with Crippen molar-refractivity contribution in [1.82, 2.24) is 5.32 Å². The molecule has 0 aliphatic carbocycles. The Kier molecular flexibility index (Phi) is 3.09. The molecule has 0 aromatic carbocycles. The van der Waals surface area contributed by atoms with Crippen LogP contribution >= 0.6 is 0 Å². The fourth-order valence-electron chi connectivity index (χ4n) is 2.12. The third-order valence-corrected chi connectivity index (χ3v) is 2.31.